The Hall–Kier alpha value is -1.59. The number of aryl methyl sites for hydroxylation is 1. The summed E-state index contributed by atoms with van der Waals surface area (Å²) in [4.78, 5) is 11.7. The molecule has 1 aromatic rings. The molecule has 1 fully saturated rings. The lowest BCUT2D eigenvalue weighted by Crippen LogP contribution is -2.36. The Morgan fingerprint density at radius 1 is 1.36 bits per heavy atom. The molecule has 0 aliphatic carbocycles. The maximum atomic E-state index is 11.7. The topological polar surface area (TPSA) is 59.6 Å². The maximum Gasteiger partial charge on any atom is 0.315 e. The van der Waals surface area contributed by atoms with Gasteiger partial charge in [-0.15, -0.1) is 0 Å². The predicted molar refractivity (Wildman–Crippen MR) is 85.8 cm³/mol. The molecule has 1 saturated heterocycles. The molecule has 1 heterocycles. The van der Waals surface area contributed by atoms with E-state index in [0.717, 1.165) is 38.2 Å². The van der Waals surface area contributed by atoms with Crippen molar-refractivity contribution in [1.29, 1.82) is 0 Å². The van der Waals surface area contributed by atoms with Crippen molar-refractivity contribution in [3.63, 3.8) is 0 Å². The Balaban J connectivity index is 1.48. The maximum absolute atomic E-state index is 11.7. The van der Waals surface area contributed by atoms with Gasteiger partial charge in [-0.2, -0.15) is 0 Å². The second-order valence-corrected chi connectivity index (χ2v) is 5.69. The standard InChI is InChI=1S/C17H26N2O3/c1-14-5-2-3-6-16(14)11-19-17(20)18-8-4-9-21-12-15-7-10-22-13-15/h2-3,5-6,15H,4,7-13H2,1H3,(H2,18,19,20)/t15-/m1/s1. The third kappa shape index (κ3) is 6.03. The quantitative estimate of drug-likeness (QED) is 0.724. The van der Waals surface area contributed by atoms with Crippen LogP contribution in [-0.2, 0) is 16.0 Å². The Labute approximate surface area is 132 Å². The average molecular weight is 306 g/mol. The highest BCUT2D eigenvalue weighted by molar-refractivity contribution is 5.73. The minimum Gasteiger partial charge on any atom is -0.381 e. The van der Waals surface area contributed by atoms with Crippen molar-refractivity contribution in [2.24, 2.45) is 5.92 Å². The van der Waals surface area contributed by atoms with Crippen molar-refractivity contribution in [1.82, 2.24) is 10.6 Å². The third-order valence-electron chi connectivity index (χ3n) is 3.83. The Bertz CT molecular complexity index is 459. The molecule has 0 aromatic heterocycles. The van der Waals surface area contributed by atoms with Gasteiger partial charge in [0.05, 0.1) is 13.2 Å². The smallest absolute Gasteiger partial charge is 0.315 e. The zero-order valence-corrected chi connectivity index (χ0v) is 13.3. The molecule has 0 radical (unpaired) electrons. The molecule has 2 rings (SSSR count). The molecule has 5 nitrogen and oxygen atoms in total. The van der Waals surface area contributed by atoms with Gasteiger partial charge < -0.3 is 20.1 Å². The van der Waals surface area contributed by atoms with Crippen molar-refractivity contribution >= 4 is 6.03 Å². The van der Waals surface area contributed by atoms with Gasteiger partial charge in [0.1, 0.15) is 0 Å². The number of ether oxygens (including phenoxy) is 2. The Morgan fingerprint density at radius 3 is 3.00 bits per heavy atom. The van der Waals surface area contributed by atoms with Crippen LogP contribution in [0.25, 0.3) is 0 Å². The zero-order chi connectivity index (χ0) is 15.6. The van der Waals surface area contributed by atoms with Gasteiger partial charge in [0.2, 0.25) is 0 Å². The van der Waals surface area contributed by atoms with Crippen molar-refractivity contribution in [2.75, 3.05) is 33.0 Å². The molecule has 0 saturated carbocycles. The Kier molecular flexibility index (Phi) is 7.19. The fraction of sp³-hybridized carbons (Fsp3) is 0.588. The first kappa shape index (κ1) is 16.8. The summed E-state index contributed by atoms with van der Waals surface area (Å²) in [6.45, 7) is 6.34. The molecule has 0 bridgehead atoms. The lowest BCUT2D eigenvalue weighted by Gasteiger charge is -2.10. The van der Waals surface area contributed by atoms with Crippen LogP contribution in [0.4, 0.5) is 4.79 Å². The molecule has 22 heavy (non-hydrogen) atoms. The molecule has 1 aliphatic rings. The molecule has 2 amide bonds. The van der Waals surface area contributed by atoms with Gasteiger partial charge in [0, 0.05) is 32.2 Å². The minimum atomic E-state index is -0.132. The second-order valence-electron chi connectivity index (χ2n) is 5.69. The van der Waals surface area contributed by atoms with Crippen LogP contribution in [0.15, 0.2) is 24.3 Å². The first-order valence-corrected chi connectivity index (χ1v) is 7.97. The van der Waals surface area contributed by atoms with Crippen LogP contribution in [0.2, 0.25) is 0 Å². The highest BCUT2D eigenvalue weighted by Crippen LogP contribution is 2.12. The van der Waals surface area contributed by atoms with E-state index in [2.05, 4.69) is 10.6 Å². The van der Waals surface area contributed by atoms with E-state index in [-0.39, 0.29) is 6.03 Å². The number of nitrogens with one attached hydrogen (secondary N) is 2. The number of rotatable bonds is 8. The van der Waals surface area contributed by atoms with Gasteiger partial charge in [0.25, 0.3) is 0 Å². The molecule has 1 aromatic carbocycles. The highest BCUT2D eigenvalue weighted by Gasteiger charge is 2.15. The fourth-order valence-electron chi connectivity index (χ4n) is 2.39. The predicted octanol–water partition coefficient (Wildman–Crippen LogP) is 2.24. The van der Waals surface area contributed by atoms with E-state index in [9.17, 15) is 4.79 Å². The summed E-state index contributed by atoms with van der Waals surface area (Å²) in [7, 11) is 0. The van der Waals surface area contributed by atoms with E-state index in [1.54, 1.807) is 0 Å². The van der Waals surface area contributed by atoms with Crippen LogP contribution < -0.4 is 10.6 Å². The van der Waals surface area contributed by atoms with Gasteiger partial charge in [-0.3, -0.25) is 0 Å². The zero-order valence-electron chi connectivity index (χ0n) is 13.3. The van der Waals surface area contributed by atoms with Gasteiger partial charge in [-0.1, -0.05) is 24.3 Å². The van der Waals surface area contributed by atoms with E-state index in [0.29, 0.717) is 25.6 Å². The molecule has 122 valence electrons. The number of benzene rings is 1. The molecule has 5 heteroatoms. The normalized spacial score (nSPS) is 17.4. The summed E-state index contributed by atoms with van der Waals surface area (Å²) in [5.41, 5.74) is 2.33. The van der Waals surface area contributed by atoms with Gasteiger partial charge in [-0.25, -0.2) is 4.79 Å². The van der Waals surface area contributed by atoms with Crippen LogP contribution >= 0.6 is 0 Å². The fourth-order valence-corrected chi connectivity index (χ4v) is 2.39. The minimum absolute atomic E-state index is 0.132. The van der Waals surface area contributed by atoms with Crippen LogP contribution in [0.1, 0.15) is 24.0 Å². The molecular weight excluding hydrogens is 280 g/mol. The van der Waals surface area contributed by atoms with E-state index in [4.69, 9.17) is 9.47 Å². The summed E-state index contributed by atoms with van der Waals surface area (Å²) in [6, 6.07) is 7.91. The molecule has 1 aliphatic heterocycles. The lowest BCUT2D eigenvalue weighted by molar-refractivity contribution is 0.0885. The van der Waals surface area contributed by atoms with E-state index >= 15 is 0 Å². The third-order valence-corrected chi connectivity index (χ3v) is 3.83. The van der Waals surface area contributed by atoms with Gasteiger partial charge in [-0.05, 0) is 30.9 Å². The van der Waals surface area contributed by atoms with Gasteiger partial charge >= 0.3 is 6.03 Å². The number of carbonyl (C=O) groups is 1. The molecule has 1 atom stereocenters. The van der Waals surface area contributed by atoms with Crippen molar-refractivity contribution < 1.29 is 14.3 Å². The summed E-state index contributed by atoms with van der Waals surface area (Å²) < 4.78 is 10.9. The molecule has 0 spiro atoms. The molecule has 2 N–H and O–H groups in total. The number of urea groups is 1. The SMILES string of the molecule is Cc1ccccc1CNC(=O)NCCCOC[C@H]1CCOC1. The number of amides is 2. The van der Waals surface area contributed by atoms with Crippen LogP contribution in [0.5, 0.6) is 0 Å². The number of hydrogen-bond acceptors (Lipinski definition) is 3. The van der Waals surface area contributed by atoms with Crippen LogP contribution in [0.3, 0.4) is 0 Å². The van der Waals surface area contributed by atoms with Crippen molar-refractivity contribution in [3.05, 3.63) is 35.4 Å². The first-order valence-electron chi connectivity index (χ1n) is 7.97. The van der Waals surface area contributed by atoms with E-state index in [1.165, 1.54) is 5.56 Å². The van der Waals surface area contributed by atoms with Crippen molar-refractivity contribution in [3.8, 4) is 0 Å². The molecular formula is C17H26N2O3. The number of hydrogen-bond donors (Lipinski definition) is 2. The molecule has 0 unspecified atom stereocenters. The first-order chi connectivity index (χ1) is 10.8. The summed E-state index contributed by atoms with van der Waals surface area (Å²) >= 11 is 0. The number of carbonyl (C=O) groups excluding carboxylic acids is 1. The largest absolute Gasteiger partial charge is 0.381 e. The second kappa shape index (κ2) is 9.43. The average Bonchev–Trinajstić information content (AvgIpc) is 3.03. The van der Waals surface area contributed by atoms with Crippen LogP contribution in [0, 0.1) is 12.8 Å². The summed E-state index contributed by atoms with van der Waals surface area (Å²) in [5, 5.41) is 5.71. The monoisotopic (exact) mass is 306 g/mol. The van der Waals surface area contributed by atoms with E-state index < -0.39 is 0 Å². The Morgan fingerprint density at radius 2 is 2.23 bits per heavy atom. The highest BCUT2D eigenvalue weighted by atomic mass is 16.5. The van der Waals surface area contributed by atoms with Gasteiger partial charge in [0.15, 0.2) is 0 Å². The lowest BCUT2D eigenvalue weighted by atomic mass is 10.1. The van der Waals surface area contributed by atoms with Crippen molar-refractivity contribution in [2.45, 2.75) is 26.3 Å². The van der Waals surface area contributed by atoms with Crippen LogP contribution in [-0.4, -0.2) is 39.0 Å². The van der Waals surface area contributed by atoms with E-state index in [1.807, 2.05) is 31.2 Å². The summed E-state index contributed by atoms with van der Waals surface area (Å²) in [6.07, 6.45) is 1.92. The summed E-state index contributed by atoms with van der Waals surface area (Å²) in [5.74, 6) is 0.547.